The largest absolute Gasteiger partial charge is 0.331 e. The number of nitrogens with one attached hydrogen (secondary N) is 1. The third-order valence-corrected chi connectivity index (χ3v) is 3.56. The molecule has 0 bridgehead atoms. The Bertz CT molecular complexity index is 932. The first-order chi connectivity index (χ1) is 9.58. The lowest BCUT2D eigenvalue weighted by molar-refractivity contribution is 0.629. The lowest BCUT2D eigenvalue weighted by Gasteiger charge is -2.09. The van der Waals surface area contributed by atoms with E-state index in [1.807, 2.05) is 0 Å². The molecule has 100 valence electrons. The van der Waals surface area contributed by atoms with Crippen LogP contribution in [0.1, 0.15) is 0 Å². The second-order valence-corrected chi connectivity index (χ2v) is 5.01. The molecular formula is C14H8ClFN2OS. The van der Waals surface area contributed by atoms with Crippen molar-refractivity contribution in [3.05, 3.63) is 68.4 Å². The smallest absolute Gasteiger partial charge is 0.266 e. The molecule has 1 aromatic heterocycles. The number of rotatable bonds is 1. The molecule has 0 aliphatic rings. The summed E-state index contributed by atoms with van der Waals surface area (Å²) < 4.78 is 14.8. The first-order valence-electron chi connectivity index (χ1n) is 5.77. The minimum Gasteiger partial charge on any atom is -0.331 e. The van der Waals surface area contributed by atoms with Crippen LogP contribution in [0.2, 0.25) is 5.02 Å². The Hall–Kier alpha value is -1.98. The van der Waals surface area contributed by atoms with E-state index in [0.717, 1.165) is 0 Å². The lowest BCUT2D eigenvalue weighted by atomic mass is 10.2. The molecule has 0 aliphatic carbocycles. The van der Waals surface area contributed by atoms with Gasteiger partial charge in [-0.3, -0.25) is 9.36 Å². The van der Waals surface area contributed by atoms with Crippen molar-refractivity contribution in [1.29, 1.82) is 0 Å². The third kappa shape index (κ3) is 2.05. The van der Waals surface area contributed by atoms with Crippen molar-refractivity contribution < 1.29 is 4.39 Å². The van der Waals surface area contributed by atoms with Crippen LogP contribution in [0.4, 0.5) is 4.39 Å². The summed E-state index contributed by atoms with van der Waals surface area (Å²) >= 11 is 11.3. The highest BCUT2D eigenvalue weighted by atomic mass is 35.5. The molecule has 0 fully saturated rings. The van der Waals surface area contributed by atoms with Gasteiger partial charge in [0.05, 0.1) is 21.6 Å². The molecule has 0 amide bonds. The van der Waals surface area contributed by atoms with Gasteiger partial charge in [0.15, 0.2) is 4.77 Å². The minimum atomic E-state index is -0.481. The molecule has 1 heterocycles. The molecular weight excluding hydrogens is 299 g/mol. The van der Waals surface area contributed by atoms with Gasteiger partial charge < -0.3 is 4.98 Å². The molecule has 0 unspecified atom stereocenters. The fourth-order valence-corrected chi connectivity index (χ4v) is 2.55. The Morgan fingerprint density at radius 1 is 1.20 bits per heavy atom. The van der Waals surface area contributed by atoms with Crippen molar-refractivity contribution in [1.82, 2.24) is 9.55 Å². The van der Waals surface area contributed by atoms with Crippen molar-refractivity contribution in [2.75, 3.05) is 0 Å². The van der Waals surface area contributed by atoms with E-state index in [0.29, 0.717) is 16.2 Å². The fraction of sp³-hybridized carbons (Fsp3) is 0. The van der Waals surface area contributed by atoms with Gasteiger partial charge >= 0.3 is 0 Å². The van der Waals surface area contributed by atoms with E-state index in [-0.39, 0.29) is 10.2 Å². The Morgan fingerprint density at radius 2 is 1.95 bits per heavy atom. The van der Waals surface area contributed by atoms with Crippen molar-refractivity contribution in [3.63, 3.8) is 0 Å². The van der Waals surface area contributed by atoms with E-state index in [9.17, 15) is 9.18 Å². The molecule has 6 heteroatoms. The topological polar surface area (TPSA) is 37.8 Å². The summed E-state index contributed by atoms with van der Waals surface area (Å²) in [6, 6.07) is 10.8. The molecule has 3 rings (SSSR count). The van der Waals surface area contributed by atoms with Gasteiger partial charge in [0, 0.05) is 0 Å². The number of hydrogen-bond donors (Lipinski definition) is 1. The quantitative estimate of drug-likeness (QED) is 0.694. The van der Waals surface area contributed by atoms with E-state index in [4.69, 9.17) is 23.8 Å². The van der Waals surface area contributed by atoms with E-state index < -0.39 is 11.4 Å². The van der Waals surface area contributed by atoms with Crippen LogP contribution in [-0.4, -0.2) is 9.55 Å². The zero-order valence-corrected chi connectivity index (χ0v) is 11.6. The number of nitrogens with zero attached hydrogens (tertiary/aromatic N) is 1. The van der Waals surface area contributed by atoms with Crippen molar-refractivity contribution in [3.8, 4) is 5.69 Å². The maximum Gasteiger partial charge on any atom is 0.266 e. The summed E-state index contributed by atoms with van der Waals surface area (Å²) in [6.45, 7) is 0. The summed E-state index contributed by atoms with van der Waals surface area (Å²) in [7, 11) is 0. The summed E-state index contributed by atoms with van der Waals surface area (Å²) in [5.41, 5.74) is 0.549. The summed E-state index contributed by atoms with van der Waals surface area (Å²) in [6.07, 6.45) is 0. The number of fused-ring (bicyclic) bond motifs is 1. The first kappa shape index (κ1) is 13.0. The number of benzene rings is 2. The Balaban J connectivity index is 2.46. The molecule has 1 N–H and O–H groups in total. The molecule has 2 aromatic carbocycles. The van der Waals surface area contributed by atoms with Gasteiger partial charge in [-0.05, 0) is 42.5 Å². The lowest BCUT2D eigenvalue weighted by Crippen LogP contribution is -2.20. The average Bonchev–Trinajstić information content (AvgIpc) is 2.42. The number of aromatic nitrogens is 2. The average molecular weight is 307 g/mol. The SMILES string of the molecule is O=c1c2cc(F)ccc2[nH]c(=S)n1-c1ccccc1Cl. The molecule has 0 spiro atoms. The maximum absolute atomic E-state index is 13.3. The van der Waals surface area contributed by atoms with E-state index >= 15 is 0 Å². The third-order valence-electron chi connectivity index (χ3n) is 2.95. The van der Waals surface area contributed by atoms with Crippen molar-refractivity contribution >= 4 is 34.7 Å². The van der Waals surface area contributed by atoms with Crippen LogP contribution in [0.3, 0.4) is 0 Å². The van der Waals surface area contributed by atoms with Crippen LogP contribution in [0.15, 0.2) is 47.3 Å². The fourth-order valence-electron chi connectivity index (χ4n) is 2.04. The highest BCUT2D eigenvalue weighted by molar-refractivity contribution is 7.71. The number of para-hydroxylation sites is 1. The maximum atomic E-state index is 13.3. The number of halogens is 2. The molecule has 0 aliphatic heterocycles. The molecule has 3 nitrogen and oxygen atoms in total. The zero-order chi connectivity index (χ0) is 14.3. The van der Waals surface area contributed by atoms with Crippen LogP contribution in [-0.2, 0) is 0 Å². The summed E-state index contributed by atoms with van der Waals surface area (Å²) in [5.74, 6) is -0.481. The van der Waals surface area contributed by atoms with E-state index in [1.165, 1.54) is 22.8 Å². The minimum absolute atomic E-state index is 0.210. The van der Waals surface area contributed by atoms with E-state index in [2.05, 4.69) is 4.98 Å². The highest BCUT2D eigenvalue weighted by Gasteiger charge is 2.10. The van der Waals surface area contributed by atoms with Crippen LogP contribution in [0.5, 0.6) is 0 Å². The standard InChI is InChI=1S/C14H8ClFN2OS/c15-10-3-1-2-4-12(10)18-13(19)9-7-8(16)5-6-11(9)17-14(18)20/h1-7H,(H,17,20). The number of H-pyrrole nitrogens is 1. The van der Waals surface area contributed by atoms with Crippen LogP contribution >= 0.6 is 23.8 Å². The Morgan fingerprint density at radius 3 is 2.70 bits per heavy atom. The van der Waals surface area contributed by atoms with Gasteiger partial charge in [0.1, 0.15) is 5.82 Å². The van der Waals surface area contributed by atoms with Gasteiger partial charge in [-0.2, -0.15) is 0 Å². The van der Waals surface area contributed by atoms with Crippen LogP contribution < -0.4 is 5.56 Å². The zero-order valence-electron chi connectivity index (χ0n) is 10.1. The molecule has 0 radical (unpaired) electrons. The van der Waals surface area contributed by atoms with Gasteiger partial charge in [-0.1, -0.05) is 23.7 Å². The molecule has 0 saturated heterocycles. The Labute approximate surface area is 123 Å². The summed E-state index contributed by atoms with van der Waals surface area (Å²) in [4.78, 5) is 15.4. The molecule has 20 heavy (non-hydrogen) atoms. The normalized spacial score (nSPS) is 10.9. The molecule has 3 aromatic rings. The molecule has 0 atom stereocenters. The predicted molar refractivity (Wildman–Crippen MR) is 79.7 cm³/mol. The Kier molecular flexibility index (Phi) is 3.16. The number of aromatic amines is 1. The van der Waals surface area contributed by atoms with Gasteiger partial charge in [0.2, 0.25) is 0 Å². The van der Waals surface area contributed by atoms with Gasteiger partial charge in [-0.15, -0.1) is 0 Å². The van der Waals surface area contributed by atoms with Crippen molar-refractivity contribution in [2.24, 2.45) is 0 Å². The van der Waals surface area contributed by atoms with Crippen LogP contribution in [0.25, 0.3) is 16.6 Å². The molecule has 0 saturated carbocycles. The second-order valence-electron chi connectivity index (χ2n) is 4.21. The summed E-state index contributed by atoms with van der Waals surface area (Å²) in [5, 5.41) is 0.614. The monoisotopic (exact) mass is 306 g/mol. The number of hydrogen-bond acceptors (Lipinski definition) is 2. The van der Waals surface area contributed by atoms with Crippen LogP contribution in [0, 0.1) is 10.6 Å². The van der Waals surface area contributed by atoms with Gasteiger partial charge in [0.25, 0.3) is 5.56 Å². The predicted octanol–water partition coefficient (Wildman–Crippen LogP) is 3.84. The van der Waals surface area contributed by atoms with Gasteiger partial charge in [-0.25, -0.2) is 4.39 Å². The first-order valence-corrected chi connectivity index (χ1v) is 6.56. The highest BCUT2D eigenvalue weighted by Crippen LogP contribution is 2.19. The van der Waals surface area contributed by atoms with E-state index in [1.54, 1.807) is 24.3 Å². The van der Waals surface area contributed by atoms with Crippen molar-refractivity contribution in [2.45, 2.75) is 0 Å². The second kappa shape index (κ2) is 4.85.